The molecule has 1 aromatic heterocycles. The van der Waals surface area contributed by atoms with E-state index in [1.165, 1.54) is 0 Å². The average molecular weight is 383 g/mol. The number of aliphatic carboxylic acids is 1. The van der Waals surface area contributed by atoms with Crippen LogP contribution in [-0.2, 0) is 17.5 Å². The second-order valence-electron chi connectivity index (χ2n) is 5.47. The first-order chi connectivity index (χ1) is 12.8. The molecule has 10 heteroatoms. The van der Waals surface area contributed by atoms with E-state index in [9.17, 15) is 22.8 Å². The van der Waals surface area contributed by atoms with Crippen LogP contribution in [0.2, 0.25) is 0 Å². The molecule has 0 saturated heterocycles. The number of carbonyl (C=O) groups is 2. The number of carboxylic acid groups (broad SMARTS) is 1. The highest BCUT2D eigenvalue weighted by atomic mass is 19.4. The number of hydrogen-bond donors (Lipinski definition) is 2. The van der Waals surface area contributed by atoms with E-state index in [1.54, 1.807) is 24.3 Å². The summed E-state index contributed by atoms with van der Waals surface area (Å²) in [6, 6.07) is 6.75. The Kier molecular flexibility index (Phi) is 6.69. The molecule has 1 amide bonds. The van der Waals surface area contributed by atoms with Gasteiger partial charge in [-0.15, -0.1) is 0 Å². The Morgan fingerprint density at radius 3 is 2.30 bits per heavy atom. The largest absolute Gasteiger partial charge is 0.494 e. The van der Waals surface area contributed by atoms with Crippen LogP contribution in [0.3, 0.4) is 0 Å². The maximum atomic E-state index is 12.4. The molecule has 2 N–H and O–H groups in total. The lowest BCUT2D eigenvalue weighted by molar-refractivity contribution is -0.145. The molecule has 0 atom stereocenters. The third kappa shape index (κ3) is 6.57. The van der Waals surface area contributed by atoms with Gasteiger partial charge in [0.15, 0.2) is 0 Å². The molecule has 144 valence electrons. The molecule has 1 aromatic carbocycles. The van der Waals surface area contributed by atoms with E-state index in [2.05, 4.69) is 15.3 Å². The number of amides is 1. The van der Waals surface area contributed by atoms with Crippen molar-refractivity contribution in [2.24, 2.45) is 0 Å². The molecular formula is C17H16F3N3O4. The van der Waals surface area contributed by atoms with Crippen LogP contribution in [0.4, 0.5) is 13.2 Å². The Bertz CT molecular complexity index is 778. The van der Waals surface area contributed by atoms with Gasteiger partial charge in [0, 0.05) is 25.4 Å². The summed E-state index contributed by atoms with van der Waals surface area (Å²) in [5.74, 6) is -2.23. The van der Waals surface area contributed by atoms with Gasteiger partial charge in [-0.3, -0.25) is 9.59 Å². The summed E-state index contributed by atoms with van der Waals surface area (Å²) in [4.78, 5) is 28.6. The number of carbonyl (C=O) groups excluding carboxylic acids is 1. The van der Waals surface area contributed by atoms with Crippen molar-refractivity contribution in [1.29, 1.82) is 0 Å². The second kappa shape index (κ2) is 8.97. The van der Waals surface area contributed by atoms with Crippen LogP contribution >= 0.6 is 0 Å². The number of benzene rings is 1. The summed E-state index contributed by atoms with van der Waals surface area (Å²) in [6.07, 6.45) is -2.61. The Morgan fingerprint density at radius 2 is 1.74 bits per heavy atom. The second-order valence-corrected chi connectivity index (χ2v) is 5.47. The van der Waals surface area contributed by atoms with Gasteiger partial charge in [0.2, 0.25) is 5.82 Å². The van der Waals surface area contributed by atoms with Crippen molar-refractivity contribution in [3.8, 4) is 5.75 Å². The van der Waals surface area contributed by atoms with Crippen LogP contribution < -0.4 is 10.1 Å². The SMILES string of the molecule is O=C(O)CCCOc1ccc(CNC(=O)c2cnc(C(F)(F)F)nc2)cc1. The molecule has 2 aromatic rings. The van der Waals surface area contributed by atoms with Crippen molar-refractivity contribution < 1.29 is 32.6 Å². The first kappa shape index (κ1) is 20.1. The quantitative estimate of drug-likeness (QED) is 0.680. The van der Waals surface area contributed by atoms with Crippen molar-refractivity contribution in [3.05, 3.63) is 53.6 Å². The number of nitrogens with zero attached hydrogens (tertiary/aromatic N) is 2. The van der Waals surface area contributed by atoms with Crippen molar-refractivity contribution >= 4 is 11.9 Å². The lowest BCUT2D eigenvalue weighted by atomic mass is 10.2. The summed E-state index contributed by atoms with van der Waals surface area (Å²) in [5.41, 5.74) is 0.662. The Balaban J connectivity index is 1.82. The summed E-state index contributed by atoms with van der Waals surface area (Å²) >= 11 is 0. The number of carboxylic acids is 1. The Labute approximate surface area is 152 Å². The van der Waals surface area contributed by atoms with Crippen LogP contribution in [-0.4, -0.2) is 33.6 Å². The van der Waals surface area contributed by atoms with Gasteiger partial charge in [-0.05, 0) is 24.1 Å². The van der Waals surface area contributed by atoms with Crippen LogP contribution in [0.15, 0.2) is 36.7 Å². The number of aromatic nitrogens is 2. The smallest absolute Gasteiger partial charge is 0.451 e. The fraction of sp³-hybridized carbons (Fsp3) is 0.294. The number of rotatable bonds is 8. The van der Waals surface area contributed by atoms with Crippen LogP contribution in [0.25, 0.3) is 0 Å². The van der Waals surface area contributed by atoms with Gasteiger partial charge in [0.05, 0.1) is 12.2 Å². The summed E-state index contributed by atoms with van der Waals surface area (Å²) < 4.78 is 42.6. The normalized spacial score (nSPS) is 11.1. The van der Waals surface area contributed by atoms with E-state index in [0.29, 0.717) is 12.2 Å². The fourth-order valence-electron chi connectivity index (χ4n) is 1.99. The van der Waals surface area contributed by atoms with Gasteiger partial charge >= 0.3 is 12.1 Å². The highest BCUT2D eigenvalue weighted by Gasteiger charge is 2.34. The molecule has 0 spiro atoms. The summed E-state index contributed by atoms with van der Waals surface area (Å²) in [6.45, 7) is 0.426. The first-order valence-electron chi connectivity index (χ1n) is 7.86. The molecule has 0 radical (unpaired) electrons. The highest BCUT2D eigenvalue weighted by molar-refractivity contribution is 5.93. The zero-order chi connectivity index (χ0) is 19.9. The molecule has 1 heterocycles. The van der Waals surface area contributed by atoms with Crippen molar-refractivity contribution in [2.45, 2.75) is 25.6 Å². The number of nitrogens with one attached hydrogen (secondary N) is 1. The molecule has 0 bridgehead atoms. The predicted octanol–water partition coefficient (Wildman–Crippen LogP) is 2.67. The zero-order valence-corrected chi connectivity index (χ0v) is 14.0. The van der Waals surface area contributed by atoms with Gasteiger partial charge in [0.1, 0.15) is 5.75 Å². The van der Waals surface area contributed by atoms with E-state index in [0.717, 1.165) is 18.0 Å². The lowest BCUT2D eigenvalue weighted by Crippen LogP contribution is -2.23. The molecule has 0 saturated carbocycles. The maximum absolute atomic E-state index is 12.4. The monoisotopic (exact) mass is 383 g/mol. The molecular weight excluding hydrogens is 367 g/mol. The van der Waals surface area contributed by atoms with Gasteiger partial charge < -0.3 is 15.2 Å². The fourth-order valence-corrected chi connectivity index (χ4v) is 1.99. The molecule has 27 heavy (non-hydrogen) atoms. The van der Waals surface area contributed by atoms with Gasteiger partial charge in [-0.25, -0.2) is 9.97 Å². The Morgan fingerprint density at radius 1 is 1.11 bits per heavy atom. The topological polar surface area (TPSA) is 101 Å². The van der Waals surface area contributed by atoms with E-state index in [4.69, 9.17) is 9.84 Å². The summed E-state index contributed by atoms with van der Waals surface area (Å²) in [5, 5.41) is 11.1. The third-order valence-electron chi connectivity index (χ3n) is 3.35. The molecule has 0 aliphatic carbocycles. The van der Waals surface area contributed by atoms with E-state index >= 15 is 0 Å². The number of ether oxygens (including phenoxy) is 1. The minimum absolute atomic E-state index is 0.0256. The molecule has 0 fully saturated rings. The highest BCUT2D eigenvalue weighted by Crippen LogP contribution is 2.25. The molecule has 0 aliphatic heterocycles. The molecule has 0 unspecified atom stereocenters. The molecule has 2 rings (SSSR count). The third-order valence-corrected chi connectivity index (χ3v) is 3.35. The minimum Gasteiger partial charge on any atom is -0.494 e. The molecule has 7 nitrogen and oxygen atoms in total. The first-order valence-corrected chi connectivity index (χ1v) is 7.86. The standard InChI is InChI=1S/C17H16F3N3O4/c18-17(19,20)16-22-9-12(10-23-16)15(26)21-8-11-3-5-13(6-4-11)27-7-1-2-14(24)25/h3-6,9-10H,1-2,7-8H2,(H,21,26)(H,24,25). The van der Waals surface area contributed by atoms with E-state index < -0.39 is 23.9 Å². The lowest BCUT2D eigenvalue weighted by Gasteiger charge is -2.08. The number of halogens is 3. The van der Waals surface area contributed by atoms with Crippen LogP contribution in [0.1, 0.15) is 34.6 Å². The predicted molar refractivity (Wildman–Crippen MR) is 87.0 cm³/mol. The minimum atomic E-state index is -4.66. The zero-order valence-electron chi connectivity index (χ0n) is 14.0. The van der Waals surface area contributed by atoms with E-state index in [1.807, 2.05) is 0 Å². The van der Waals surface area contributed by atoms with Gasteiger partial charge in [-0.1, -0.05) is 12.1 Å². The van der Waals surface area contributed by atoms with Crippen molar-refractivity contribution in [3.63, 3.8) is 0 Å². The van der Waals surface area contributed by atoms with E-state index in [-0.39, 0.29) is 25.1 Å². The molecule has 0 aliphatic rings. The number of hydrogen-bond acceptors (Lipinski definition) is 5. The average Bonchev–Trinajstić information content (AvgIpc) is 2.63. The van der Waals surface area contributed by atoms with Crippen molar-refractivity contribution in [1.82, 2.24) is 15.3 Å². The van der Waals surface area contributed by atoms with Crippen LogP contribution in [0.5, 0.6) is 5.75 Å². The van der Waals surface area contributed by atoms with Crippen LogP contribution in [0, 0.1) is 0 Å². The Hall–Kier alpha value is -3.17. The van der Waals surface area contributed by atoms with Gasteiger partial charge in [-0.2, -0.15) is 13.2 Å². The van der Waals surface area contributed by atoms with Crippen molar-refractivity contribution in [2.75, 3.05) is 6.61 Å². The van der Waals surface area contributed by atoms with Gasteiger partial charge in [0.25, 0.3) is 5.91 Å². The maximum Gasteiger partial charge on any atom is 0.451 e. The summed E-state index contributed by atoms with van der Waals surface area (Å²) in [7, 11) is 0. The number of alkyl halides is 3.